The van der Waals surface area contributed by atoms with Gasteiger partial charge in [-0.3, -0.25) is 4.79 Å². The number of ether oxygens (including phenoxy) is 1. The number of aliphatic hydroxyl groups excluding tert-OH is 1. The van der Waals surface area contributed by atoms with E-state index in [1.807, 2.05) is 17.0 Å². The Morgan fingerprint density at radius 2 is 2.10 bits per heavy atom. The van der Waals surface area contributed by atoms with Crippen molar-refractivity contribution in [2.45, 2.75) is 32.3 Å². The van der Waals surface area contributed by atoms with Crippen LogP contribution in [0.3, 0.4) is 0 Å². The zero-order valence-corrected chi connectivity index (χ0v) is 13.2. The number of amides is 1. The lowest BCUT2D eigenvalue weighted by Crippen LogP contribution is -2.38. The molecule has 2 rings (SSSR count). The number of piperidine rings is 1. The normalized spacial score (nSPS) is 16.9. The topological polar surface area (TPSA) is 49.8 Å². The Labute approximate surface area is 127 Å². The van der Waals surface area contributed by atoms with Crippen LogP contribution in [-0.4, -0.2) is 35.6 Å². The summed E-state index contributed by atoms with van der Waals surface area (Å²) >= 11 is 3.37. The van der Waals surface area contributed by atoms with E-state index >= 15 is 0 Å². The van der Waals surface area contributed by atoms with Gasteiger partial charge in [-0.05, 0) is 44.4 Å². The number of aliphatic hydroxyl groups is 1. The third-order valence-electron chi connectivity index (χ3n) is 3.48. The van der Waals surface area contributed by atoms with Gasteiger partial charge in [0.2, 0.25) is 0 Å². The summed E-state index contributed by atoms with van der Waals surface area (Å²) < 4.78 is 6.47. The summed E-state index contributed by atoms with van der Waals surface area (Å²) in [4.78, 5) is 13.9. The average Bonchev–Trinajstić information content (AvgIpc) is 2.46. The van der Waals surface area contributed by atoms with Gasteiger partial charge in [0.25, 0.3) is 5.91 Å². The van der Waals surface area contributed by atoms with Crippen LogP contribution in [0.4, 0.5) is 0 Å². The molecule has 1 aromatic carbocycles. The van der Waals surface area contributed by atoms with E-state index in [9.17, 15) is 9.90 Å². The minimum atomic E-state index is -0.632. The second kappa shape index (κ2) is 7.09. The lowest BCUT2D eigenvalue weighted by molar-refractivity contribution is -0.134. The molecule has 0 unspecified atom stereocenters. The molecular weight excluding hydrogens is 322 g/mol. The van der Waals surface area contributed by atoms with Crippen molar-refractivity contribution in [2.24, 2.45) is 0 Å². The number of carbonyl (C=O) groups excluding carboxylic acids is 1. The molecule has 0 radical (unpaired) electrons. The highest BCUT2D eigenvalue weighted by Crippen LogP contribution is 2.28. The Balaban J connectivity index is 1.98. The van der Waals surface area contributed by atoms with E-state index in [4.69, 9.17) is 4.74 Å². The molecule has 1 aromatic rings. The molecule has 5 heteroatoms. The summed E-state index contributed by atoms with van der Waals surface area (Å²) in [6.45, 7) is 3.36. The van der Waals surface area contributed by atoms with Gasteiger partial charge in [0.15, 0.2) is 6.61 Å². The van der Waals surface area contributed by atoms with Crippen LogP contribution in [0.1, 0.15) is 37.9 Å². The first-order valence-electron chi connectivity index (χ1n) is 6.96. The summed E-state index contributed by atoms with van der Waals surface area (Å²) in [5, 5.41) is 9.75. The minimum absolute atomic E-state index is 0.0177. The molecule has 1 saturated heterocycles. The van der Waals surface area contributed by atoms with Gasteiger partial charge in [-0.25, -0.2) is 0 Å². The van der Waals surface area contributed by atoms with Gasteiger partial charge < -0.3 is 14.7 Å². The zero-order valence-electron chi connectivity index (χ0n) is 11.6. The molecule has 0 aliphatic carbocycles. The molecule has 1 atom stereocenters. The second-order valence-corrected chi connectivity index (χ2v) is 6.00. The summed E-state index contributed by atoms with van der Waals surface area (Å²) in [5.41, 5.74) is 0.686. The molecule has 0 aromatic heterocycles. The van der Waals surface area contributed by atoms with Gasteiger partial charge in [-0.15, -0.1) is 0 Å². The SMILES string of the molecule is C[C@@H](O)c1cc(Br)ccc1OCC(=O)N1CCCCC1. The van der Waals surface area contributed by atoms with Crippen molar-refractivity contribution >= 4 is 21.8 Å². The van der Waals surface area contributed by atoms with E-state index in [-0.39, 0.29) is 12.5 Å². The van der Waals surface area contributed by atoms with Crippen LogP contribution < -0.4 is 4.74 Å². The van der Waals surface area contributed by atoms with E-state index in [1.54, 1.807) is 13.0 Å². The van der Waals surface area contributed by atoms with Gasteiger partial charge in [-0.2, -0.15) is 0 Å². The van der Waals surface area contributed by atoms with Crippen LogP contribution >= 0.6 is 15.9 Å². The molecular formula is C15H20BrNO3. The van der Waals surface area contributed by atoms with Crippen molar-refractivity contribution in [3.8, 4) is 5.75 Å². The van der Waals surface area contributed by atoms with Crippen LogP contribution in [0.2, 0.25) is 0 Å². The van der Waals surface area contributed by atoms with Crippen molar-refractivity contribution in [3.05, 3.63) is 28.2 Å². The highest BCUT2D eigenvalue weighted by atomic mass is 79.9. The van der Waals surface area contributed by atoms with Gasteiger partial charge in [0.1, 0.15) is 5.75 Å². The molecule has 1 heterocycles. The quantitative estimate of drug-likeness (QED) is 0.915. The maximum absolute atomic E-state index is 12.0. The van der Waals surface area contributed by atoms with Crippen LogP contribution in [0.25, 0.3) is 0 Å². The number of hydrogen-bond donors (Lipinski definition) is 1. The minimum Gasteiger partial charge on any atom is -0.483 e. The molecule has 1 fully saturated rings. The van der Waals surface area contributed by atoms with Crippen molar-refractivity contribution in [1.29, 1.82) is 0 Å². The zero-order chi connectivity index (χ0) is 14.5. The fraction of sp³-hybridized carbons (Fsp3) is 0.533. The first-order valence-corrected chi connectivity index (χ1v) is 7.75. The van der Waals surface area contributed by atoms with E-state index < -0.39 is 6.10 Å². The van der Waals surface area contributed by atoms with E-state index in [1.165, 1.54) is 6.42 Å². The summed E-state index contributed by atoms with van der Waals surface area (Å²) in [6.07, 6.45) is 2.71. The maximum Gasteiger partial charge on any atom is 0.260 e. The second-order valence-electron chi connectivity index (χ2n) is 5.09. The highest BCUT2D eigenvalue weighted by molar-refractivity contribution is 9.10. The Morgan fingerprint density at radius 3 is 2.75 bits per heavy atom. The number of rotatable bonds is 4. The molecule has 1 N–H and O–H groups in total. The monoisotopic (exact) mass is 341 g/mol. The first-order chi connectivity index (χ1) is 9.58. The molecule has 4 nitrogen and oxygen atoms in total. The third-order valence-corrected chi connectivity index (χ3v) is 3.98. The fourth-order valence-corrected chi connectivity index (χ4v) is 2.73. The van der Waals surface area contributed by atoms with E-state index in [0.29, 0.717) is 11.3 Å². The molecule has 1 aliphatic rings. The van der Waals surface area contributed by atoms with Crippen LogP contribution in [-0.2, 0) is 4.79 Å². The van der Waals surface area contributed by atoms with Crippen molar-refractivity contribution in [3.63, 3.8) is 0 Å². The average molecular weight is 342 g/mol. The maximum atomic E-state index is 12.0. The molecule has 110 valence electrons. The Morgan fingerprint density at radius 1 is 1.40 bits per heavy atom. The number of benzene rings is 1. The molecule has 0 spiro atoms. The number of likely N-dealkylation sites (tertiary alicyclic amines) is 1. The largest absolute Gasteiger partial charge is 0.483 e. The third kappa shape index (κ3) is 3.96. The summed E-state index contributed by atoms with van der Waals surface area (Å²) in [5.74, 6) is 0.581. The lowest BCUT2D eigenvalue weighted by atomic mass is 10.1. The van der Waals surface area contributed by atoms with Crippen LogP contribution in [0, 0.1) is 0 Å². The molecule has 0 saturated carbocycles. The lowest BCUT2D eigenvalue weighted by Gasteiger charge is -2.26. The van der Waals surface area contributed by atoms with Gasteiger partial charge in [0.05, 0.1) is 6.10 Å². The fourth-order valence-electron chi connectivity index (χ4n) is 2.35. The number of nitrogens with zero attached hydrogens (tertiary/aromatic N) is 1. The standard InChI is InChI=1S/C15H20BrNO3/c1-11(18)13-9-12(16)5-6-14(13)20-10-15(19)17-7-3-2-4-8-17/h5-6,9,11,18H,2-4,7-8,10H2,1H3/t11-/m1/s1. The van der Waals surface area contributed by atoms with E-state index in [2.05, 4.69) is 15.9 Å². The number of carbonyl (C=O) groups is 1. The molecule has 1 aliphatic heterocycles. The van der Waals surface area contributed by atoms with Crippen molar-refractivity contribution in [1.82, 2.24) is 4.90 Å². The number of halogens is 1. The van der Waals surface area contributed by atoms with Crippen molar-refractivity contribution < 1.29 is 14.6 Å². The number of hydrogen-bond acceptors (Lipinski definition) is 3. The Bertz CT molecular complexity index is 470. The first kappa shape index (κ1) is 15.3. The predicted molar refractivity (Wildman–Crippen MR) is 80.7 cm³/mol. The predicted octanol–water partition coefficient (Wildman–Crippen LogP) is 2.89. The van der Waals surface area contributed by atoms with Gasteiger partial charge in [-0.1, -0.05) is 15.9 Å². The molecule has 1 amide bonds. The van der Waals surface area contributed by atoms with Crippen LogP contribution in [0.5, 0.6) is 5.75 Å². The highest BCUT2D eigenvalue weighted by Gasteiger charge is 2.18. The van der Waals surface area contributed by atoms with Gasteiger partial charge in [0, 0.05) is 23.1 Å². The molecule has 20 heavy (non-hydrogen) atoms. The van der Waals surface area contributed by atoms with Gasteiger partial charge >= 0.3 is 0 Å². The Kier molecular flexibility index (Phi) is 5.43. The van der Waals surface area contributed by atoms with Crippen molar-refractivity contribution in [2.75, 3.05) is 19.7 Å². The summed E-state index contributed by atoms with van der Waals surface area (Å²) in [7, 11) is 0. The van der Waals surface area contributed by atoms with Crippen LogP contribution in [0.15, 0.2) is 22.7 Å². The van der Waals surface area contributed by atoms with E-state index in [0.717, 1.165) is 30.4 Å². The summed E-state index contributed by atoms with van der Waals surface area (Å²) in [6, 6.07) is 5.42. The molecule has 0 bridgehead atoms. The Hall–Kier alpha value is -1.07. The smallest absolute Gasteiger partial charge is 0.260 e.